The van der Waals surface area contributed by atoms with Crippen LogP contribution in [0.1, 0.15) is 67.2 Å². The van der Waals surface area contributed by atoms with Gasteiger partial charge in [-0.3, -0.25) is 4.90 Å². The lowest BCUT2D eigenvalue weighted by Crippen LogP contribution is -2.56. The number of rotatable bonds is 6. The normalized spacial score (nSPS) is 28.0. The van der Waals surface area contributed by atoms with Gasteiger partial charge in [-0.1, -0.05) is 27.7 Å². The molecule has 1 fully saturated rings. The van der Waals surface area contributed by atoms with Crippen molar-refractivity contribution in [1.82, 2.24) is 10.2 Å². The molecule has 0 heterocycles. The Kier molecular flexibility index (Phi) is 6.13. The Morgan fingerprint density at radius 1 is 1.28 bits per heavy atom. The highest BCUT2D eigenvalue weighted by molar-refractivity contribution is 4.95. The molecule has 1 N–H and O–H groups in total. The largest absolute Gasteiger partial charge is 0.313 e. The summed E-state index contributed by atoms with van der Waals surface area (Å²) in [6.07, 6.45) is 5.29. The minimum atomic E-state index is 0.511. The van der Waals surface area contributed by atoms with E-state index in [-0.39, 0.29) is 0 Å². The molecule has 1 aliphatic rings. The van der Waals surface area contributed by atoms with Crippen molar-refractivity contribution >= 4 is 0 Å². The minimum absolute atomic E-state index is 0.511. The summed E-state index contributed by atoms with van der Waals surface area (Å²) in [6, 6.07) is 2.07. The Morgan fingerprint density at radius 2 is 1.94 bits per heavy atom. The highest BCUT2D eigenvalue weighted by Gasteiger charge is 2.37. The van der Waals surface area contributed by atoms with E-state index in [1.165, 1.54) is 32.2 Å². The van der Waals surface area contributed by atoms with E-state index >= 15 is 0 Å². The summed E-state index contributed by atoms with van der Waals surface area (Å²) in [6.45, 7) is 16.4. The molecule has 1 rings (SSSR count). The van der Waals surface area contributed by atoms with Crippen molar-refractivity contribution in [3.05, 3.63) is 0 Å². The van der Waals surface area contributed by atoms with Crippen molar-refractivity contribution < 1.29 is 0 Å². The fourth-order valence-electron chi connectivity index (χ4n) is 3.46. The molecule has 1 aliphatic carbocycles. The zero-order chi connectivity index (χ0) is 13.8. The van der Waals surface area contributed by atoms with E-state index < -0.39 is 0 Å². The van der Waals surface area contributed by atoms with Gasteiger partial charge < -0.3 is 5.32 Å². The van der Waals surface area contributed by atoms with Gasteiger partial charge in [-0.15, -0.1) is 0 Å². The average Bonchev–Trinajstić information content (AvgIpc) is 2.28. The second-order valence-corrected chi connectivity index (χ2v) is 6.97. The standard InChI is InChI=1S/C16H34N2/c1-7-11-18(13(3)4)15-12-16(5,6)10-9-14(15)17-8-2/h13-15,17H,7-12H2,1-6H3. The Morgan fingerprint density at radius 3 is 2.44 bits per heavy atom. The number of hydrogen-bond donors (Lipinski definition) is 1. The summed E-state index contributed by atoms with van der Waals surface area (Å²) in [5.41, 5.74) is 0.511. The van der Waals surface area contributed by atoms with Gasteiger partial charge in [0.25, 0.3) is 0 Å². The van der Waals surface area contributed by atoms with Crippen LogP contribution in [-0.2, 0) is 0 Å². The molecule has 2 nitrogen and oxygen atoms in total. The summed E-state index contributed by atoms with van der Waals surface area (Å²) in [5.74, 6) is 0. The van der Waals surface area contributed by atoms with Crippen molar-refractivity contribution in [2.75, 3.05) is 13.1 Å². The first-order valence-corrected chi connectivity index (χ1v) is 7.90. The maximum Gasteiger partial charge on any atom is 0.0257 e. The number of likely N-dealkylation sites (N-methyl/N-ethyl adjacent to an activating group) is 1. The number of nitrogens with zero attached hydrogens (tertiary/aromatic N) is 1. The molecule has 1 saturated carbocycles. The van der Waals surface area contributed by atoms with Crippen molar-refractivity contribution in [2.45, 2.75) is 85.4 Å². The first-order valence-electron chi connectivity index (χ1n) is 7.90. The SMILES string of the molecule is CCCN(C(C)C)C1CC(C)(C)CCC1NCC. The average molecular weight is 254 g/mol. The second kappa shape index (κ2) is 6.91. The molecule has 0 saturated heterocycles. The predicted octanol–water partition coefficient (Wildman–Crippen LogP) is 3.66. The third-order valence-electron chi connectivity index (χ3n) is 4.40. The molecule has 0 bridgehead atoms. The summed E-state index contributed by atoms with van der Waals surface area (Å²) in [4.78, 5) is 2.73. The quantitative estimate of drug-likeness (QED) is 0.778. The Hall–Kier alpha value is -0.0800. The van der Waals surface area contributed by atoms with E-state index in [9.17, 15) is 0 Å². The molecule has 0 radical (unpaired) electrons. The lowest BCUT2D eigenvalue weighted by atomic mass is 9.72. The van der Waals surface area contributed by atoms with Crippen LogP contribution in [0.4, 0.5) is 0 Å². The van der Waals surface area contributed by atoms with Gasteiger partial charge in [-0.05, 0) is 58.0 Å². The van der Waals surface area contributed by atoms with Crippen LogP contribution in [-0.4, -0.2) is 36.1 Å². The lowest BCUT2D eigenvalue weighted by Gasteiger charge is -2.47. The first kappa shape index (κ1) is 16.0. The summed E-state index contributed by atoms with van der Waals surface area (Å²) < 4.78 is 0. The molecular weight excluding hydrogens is 220 g/mol. The molecule has 2 atom stereocenters. The predicted molar refractivity (Wildman–Crippen MR) is 81.0 cm³/mol. The molecule has 0 aromatic rings. The third-order valence-corrected chi connectivity index (χ3v) is 4.40. The highest BCUT2D eigenvalue weighted by atomic mass is 15.2. The monoisotopic (exact) mass is 254 g/mol. The molecule has 0 aromatic carbocycles. The fourth-order valence-corrected chi connectivity index (χ4v) is 3.46. The van der Waals surface area contributed by atoms with Crippen LogP contribution in [0.5, 0.6) is 0 Å². The van der Waals surface area contributed by atoms with Crippen molar-refractivity contribution in [1.29, 1.82) is 0 Å². The van der Waals surface area contributed by atoms with Gasteiger partial charge in [-0.2, -0.15) is 0 Å². The van der Waals surface area contributed by atoms with Gasteiger partial charge in [-0.25, -0.2) is 0 Å². The maximum atomic E-state index is 3.72. The van der Waals surface area contributed by atoms with E-state index in [1.807, 2.05) is 0 Å². The number of nitrogens with one attached hydrogen (secondary N) is 1. The van der Waals surface area contributed by atoms with E-state index in [4.69, 9.17) is 0 Å². The third kappa shape index (κ3) is 4.24. The van der Waals surface area contributed by atoms with Crippen LogP contribution in [0, 0.1) is 5.41 Å². The molecule has 108 valence electrons. The van der Waals surface area contributed by atoms with Crippen molar-refractivity contribution in [2.24, 2.45) is 5.41 Å². The highest BCUT2D eigenvalue weighted by Crippen LogP contribution is 2.38. The van der Waals surface area contributed by atoms with E-state index in [2.05, 4.69) is 51.8 Å². The topological polar surface area (TPSA) is 15.3 Å². The molecule has 0 aliphatic heterocycles. The van der Waals surface area contributed by atoms with E-state index in [1.54, 1.807) is 0 Å². The van der Waals surface area contributed by atoms with Crippen molar-refractivity contribution in [3.63, 3.8) is 0 Å². The summed E-state index contributed by atoms with van der Waals surface area (Å²) in [7, 11) is 0. The Balaban J connectivity index is 2.80. The van der Waals surface area contributed by atoms with Gasteiger partial charge >= 0.3 is 0 Å². The van der Waals surface area contributed by atoms with Gasteiger partial charge in [0.2, 0.25) is 0 Å². The van der Waals surface area contributed by atoms with Gasteiger partial charge in [0.15, 0.2) is 0 Å². The first-order chi connectivity index (χ1) is 8.41. The van der Waals surface area contributed by atoms with Crippen LogP contribution in [0.15, 0.2) is 0 Å². The van der Waals surface area contributed by atoms with Crippen LogP contribution in [0.2, 0.25) is 0 Å². The van der Waals surface area contributed by atoms with Crippen molar-refractivity contribution in [3.8, 4) is 0 Å². The van der Waals surface area contributed by atoms with Crippen LogP contribution in [0.25, 0.3) is 0 Å². The van der Waals surface area contributed by atoms with Crippen LogP contribution >= 0.6 is 0 Å². The lowest BCUT2D eigenvalue weighted by molar-refractivity contribution is 0.0453. The molecule has 0 amide bonds. The number of hydrogen-bond acceptors (Lipinski definition) is 2. The molecular formula is C16H34N2. The molecule has 0 aromatic heterocycles. The second-order valence-electron chi connectivity index (χ2n) is 6.97. The zero-order valence-electron chi connectivity index (χ0n) is 13.4. The maximum absolute atomic E-state index is 3.72. The molecule has 0 spiro atoms. The van der Waals surface area contributed by atoms with Gasteiger partial charge in [0, 0.05) is 18.1 Å². The Labute approximate surface area is 115 Å². The zero-order valence-corrected chi connectivity index (χ0v) is 13.4. The fraction of sp³-hybridized carbons (Fsp3) is 1.00. The molecule has 2 unspecified atom stereocenters. The van der Waals surface area contributed by atoms with Crippen LogP contribution < -0.4 is 5.32 Å². The van der Waals surface area contributed by atoms with Gasteiger partial charge in [0.05, 0.1) is 0 Å². The molecule has 18 heavy (non-hydrogen) atoms. The van der Waals surface area contributed by atoms with E-state index in [0.29, 0.717) is 23.5 Å². The smallest absolute Gasteiger partial charge is 0.0257 e. The molecule has 2 heteroatoms. The van der Waals surface area contributed by atoms with E-state index in [0.717, 1.165) is 6.54 Å². The summed E-state index contributed by atoms with van der Waals surface area (Å²) >= 11 is 0. The Bertz CT molecular complexity index is 235. The minimum Gasteiger partial charge on any atom is -0.313 e. The van der Waals surface area contributed by atoms with Gasteiger partial charge in [0.1, 0.15) is 0 Å². The summed E-state index contributed by atoms with van der Waals surface area (Å²) in [5, 5.41) is 3.72. The van der Waals surface area contributed by atoms with Crippen LogP contribution in [0.3, 0.4) is 0 Å².